The number of thiophene rings is 1. The summed E-state index contributed by atoms with van der Waals surface area (Å²) in [6, 6.07) is 4.12. The van der Waals surface area contributed by atoms with Crippen molar-refractivity contribution >= 4 is 21.6 Å². The molecule has 0 saturated heterocycles. The molecule has 2 aromatic heterocycles. The summed E-state index contributed by atoms with van der Waals surface area (Å²) in [5, 5.41) is 2.22. The van der Waals surface area contributed by atoms with E-state index < -0.39 is 0 Å². The van der Waals surface area contributed by atoms with E-state index in [2.05, 4.69) is 37.2 Å². The fourth-order valence-electron chi connectivity index (χ4n) is 1.40. The zero-order valence-corrected chi connectivity index (χ0v) is 8.98. The van der Waals surface area contributed by atoms with Crippen LogP contribution in [-0.2, 0) is 5.41 Å². The van der Waals surface area contributed by atoms with E-state index in [0.717, 1.165) is 0 Å². The number of hydrogen-bond donors (Lipinski definition) is 0. The molecule has 0 radical (unpaired) electrons. The molecule has 2 heteroatoms. The fraction of sp³-hybridized carbons (Fsp3) is 0.364. The highest BCUT2D eigenvalue weighted by molar-refractivity contribution is 7.17. The van der Waals surface area contributed by atoms with Crippen LogP contribution in [0.15, 0.2) is 23.7 Å². The number of rotatable bonds is 0. The van der Waals surface area contributed by atoms with Crippen LogP contribution in [-0.4, -0.2) is 4.98 Å². The Labute approximate surface area is 82.4 Å². The quantitative estimate of drug-likeness (QED) is 0.620. The van der Waals surface area contributed by atoms with Gasteiger partial charge in [-0.1, -0.05) is 20.8 Å². The van der Waals surface area contributed by atoms with Crippen LogP contribution in [0.2, 0.25) is 0 Å². The summed E-state index contributed by atoms with van der Waals surface area (Å²) >= 11 is 1.78. The molecule has 0 bridgehead atoms. The van der Waals surface area contributed by atoms with E-state index in [-0.39, 0.29) is 5.41 Å². The third-order valence-corrected chi connectivity index (χ3v) is 3.07. The van der Waals surface area contributed by atoms with Crippen LogP contribution in [0.3, 0.4) is 0 Å². The predicted octanol–water partition coefficient (Wildman–Crippen LogP) is 3.59. The van der Waals surface area contributed by atoms with Gasteiger partial charge >= 0.3 is 0 Å². The van der Waals surface area contributed by atoms with Crippen LogP contribution < -0.4 is 0 Å². The third kappa shape index (κ3) is 1.46. The smallest absolute Gasteiger partial charge is 0.0846 e. The van der Waals surface area contributed by atoms with Gasteiger partial charge in [-0.2, -0.15) is 0 Å². The molecule has 0 aliphatic rings. The minimum Gasteiger partial charge on any atom is -0.255 e. The Bertz CT molecular complexity index is 423. The van der Waals surface area contributed by atoms with E-state index in [1.165, 1.54) is 15.8 Å². The molecule has 0 aliphatic heterocycles. The summed E-state index contributed by atoms with van der Waals surface area (Å²) in [7, 11) is 0. The molecule has 13 heavy (non-hydrogen) atoms. The Morgan fingerprint density at radius 3 is 2.77 bits per heavy atom. The molecule has 0 atom stereocenters. The van der Waals surface area contributed by atoms with Crippen LogP contribution in [0.1, 0.15) is 26.3 Å². The normalized spacial score (nSPS) is 12.2. The molecule has 2 rings (SSSR count). The Balaban J connectivity index is 2.72. The molecule has 0 aromatic carbocycles. The molecule has 1 nitrogen and oxygen atoms in total. The van der Waals surface area contributed by atoms with E-state index >= 15 is 0 Å². The minimum atomic E-state index is 0.201. The lowest BCUT2D eigenvalue weighted by Crippen LogP contribution is -2.10. The van der Waals surface area contributed by atoms with Crippen molar-refractivity contribution < 1.29 is 0 Å². The highest BCUT2D eigenvalue weighted by Gasteiger charge is 2.18. The monoisotopic (exact) mass is 191 g/mol. The Morgan fingerprint density at radius 1 is 1.31 bits per heavy atom. The van der Waals surface area contributed by atoms with Gasteiger partial charge in [-0.25, -0.2) is 0 Å². The van der Waals surface area contributed by atoms with Crippen molar-refractivity contribution in [3.63, 3.8) is 0 Å². The number of pyridine rings is 1. The molecule has 68 valence electrons. The standard InChI is InChI=1S/C11H13NS/c1-11(2,3)8-7-13-9-5-4-6-12-10(8)9/h4-7H,1-3H3. The van der Waals surface area contributed by atoms with Crippen molar-refractivity contribution in [2.75, 3.05) is 0 Å². The SMILES string of the molecule is CC(C)(C)c1csc2cccnc12. The van der Waals surface area contributed by atoms with Gasteiger partial charge in [0.25, 0.3) is 0 Å². The molecule has 0 fully saturated rings. The summed E-state index contributed by atoms with van der Waals surface area (Å²) in [5.41, 5.74) is 2.72. The van der Waals surface area contributed by atoms with Crippen molar-refractivity contribution in [3.05, 3.63) is 29.3 Å². The summed E-state index contributed by atoms with van der Waals surface area (Å²) in [6.07, 6.45) is 1.87. The summed E-state index contributed by atoms with van der Waals surface area (Å²) in [6.45, 7) is 6.68. The molecule has 0 amide bonds. The number of aromatic nitrogens is 1. The van der Waals surface area contributed by atoms with Gasteiger partial charge < -0.3 is 0 Å². The summed E-state index contributed by atoms with van der Waals surface area (Å²) in [5.74, 6) is 0. The number of fused-ring (bicyclic) bond motifs is 1. The molecular formula is C11H13NS. The molecule has 0 saturated carbocycles. The largest absolute Gasteiger partial charge is 0.255 e. The van der Waals surface area contributed by atoms with Crippen LogP contribution in [0.5, 0.6) is 0 Å². The zero-order valence-electron chi connectivity index (χ0n) is 8.16. The maximum absolute atomic E-state index is 4.42. The molecule has 0 N–H and O–H groups in total. The van der Waals surface area contributed by atoms with E-state index in [1.54, 1.807) is 11.3 Å². The minimum absolute atomic E-state index is 0.201. The van der Waals surface area contributed by atoms with Crippen LogP contribution in [0, 0.1) is 0 Å². The lowest BCUT2D eigenvalue weighted by molar-refractivity contribution is 0.596. The van der Waals surface area contributed by atoms with Crippen molar-refractivity contribution in [1.82, 2.24) is 4.98 Å². The topological polar surface area (TPSA) is 12.9 Å². The fourth-order valence-corrected chi connectivity index (χ4v) is 2.54. The Morgan fingerprint density at radius 2 is 2.08 bits per heavy atom. The summed E-state index contributed by atoms with van der Waals surface area (Å²) in [4.78, 5) is 4.42. The first kappa shape index (κ1) is 8.70. The first-order valence-corrected chi connectivity index (χ1v) is 5.30. The molecule has 2 aromatic rings. The second-order valence-electron chi connectivity index (χ2n) is 4.25. The predicted molar refractivity (Wildman–Crippen MR) is 58.3 cm³/mol. The van der Waals surface area contributed by atoms with E-state index in [0.29, 0.717) is 0 Å². The van der Waals surface area contributed by atoms with Crippen LogP contribution >= 0.6 is 11.3 Å². The first-order chi connectivity index (χ1) is 6.09. The third-order valence-electron chi connectivity index (χ3n) is 2.14. The van der Waals surface area contributed by atoms with E-state index in [1.807, 2.05) is 12.3 Å². The average molecular weight is 191 g/mol. The Hall–Kier alpha value is -0.890. The highest BCUT2D eigenvalue weighted by atomic mass is 32.1. The number of nitrogens with zero attached hydrogens (tertiary/aromatic N) is 1. The van der Waals surface area contributed by atoms with Crippen molar-refractivity contribution in [2.45, 2.75) is 26.2 Å². The molecule has 0 aliphatic carbocycles. The Kier molecular flexibility index (Phi) is 1.88. The maximum Gasteiger partial charge on any atom is 0.0846 e. The molecule has 2 heterocycles. The average Bonchev–Trinajstić information content (AvgIpc) is 2.45. The van der Waals surface area contributed by atoms with Gasteiger partial charge in [0.15, 0.2) is 0 Å². The highest BCUT2D eigenvalue weighted by Crippen LogP contribution is 2.32. The van der Waals surface area contributed by atoms with Crippen molar-refractivity contribution in [3.8, 4) is 0 Å². The van der Waals surface area contributed by atoms with Gasteiger partial charge in [-0.05, 0) is 28.5 Å². The van der Waals surface area contributed by atoms with E-state index in [9.17, 15) is 0 Å². The van der Waals surface area contributed by atoms with Crippen LogP contribution in [0.25, 0.3) is 10.2 Å². The number of hydrogen-bond acceptors (Lipinski definition) is 2. The van der Waals surface area contributed by atoms with Crippen molar-refractivity contribution in [1.29, 1.82) is 0 Å². The summed E-state index contributed by atoms with van der Waals surface area (Å²) < 4.78 is 1.28. The maximum atomic E-state index is 4.42. The molecule has 0 unspecified atom stereocenters. The molecular weight excluding hydrogens is 178 g/mol. The lowest BCUT2D eigenvalue weighted by atomic mass is 9.88. The van der Waals surface area contributed by atoms with Gasteiger partial charge in [0.05, 0.1) is 10.2 Å². The first-order valence-electron chi connectivity index (χ1n) is 4.42. The van der Waals surface area contributed by atoms with Crippen LogP contribution in [0.4, 0.5) is 0 Å². The van der Waals surface area contributed by atoms with Gasteiger partial charge in [0.1, 0.15) is 0 Å². The van der Waals surface area contributed by atoms with Gasteiger partial charge in [-0.3, -0.25) is 4.98 Å². The van der Waals surface area contributed by atoms with Gasteiger partial charge in [0, 0.05) is 6.20 Å². The zero-order chi connectivity index (χ0) is 9.47. The second-order valence-corrected chi connectivity index (χ2v) is 5.16. The van der Waals surface area contributed by atoms with E-state index in [4.69, 9.17) is 0 Å². The van der Waals surface area contributed by atoms with Gasteiger partial charge in [-0.15, -0.1) is 11.3 Å². The van der Waals surface area contributed by atoms with Gasteiger partial charge in [0.2, 0.25) is 0 Å². The molecule has 0 spiro atoms. The van der Waals surface area contributed by atoms with Crippen molar-refractivity contribution in [2.24, 2.45) is 0 Å². The lowest BCUT2D eigenvalue weighted by Gasteiger charge is -2.16. The second kappa shape index (κ2) is 2.81.